The summed E-state index contributed by atoms with van der Waals surface area (Å²) in [6, 6.07) is 21.3. The molecule has 1 amide bonds. The van der Waals surface area contributed by atoms with E-state index in [1.54, 1.807) is 48.5 Å². The van der Waals surface area contributed by atoms with E-state index in [0.29, 0.717) is 24.2 Å². The molecule has 5 nitrogen and oxygen atoms in total. The summed E-state index contributed by atoms with van der Waals surface area (Å²) in [5.41, 5.74) is 3.89. The second-order valence-electron chi connectivity index (χ2n) is 6.95. The molecule has 3 aromatic carbocycles. The highest BCUT2D eigenvalue weighted by Gasteiger charge is 2.31. The average Bonchev–Trinajstić information content (AvgIpc) is 3.19. The first-order valence-corrected chi connectivity index (χ1v) is 11.0. The van der Waals surface area contributed by atoms with E-state index in [4.69, 9.17) is 0 Å². The molecular weight excluding hydrogens is 384 g/mol. The van der Waals surface area contributed by atoms with Crippen LogP contribution < -0.4 is 9.62 Å². The predicted molar refractivity (Wildman–Crippen MR) is 115 cm³/mol. The van der Waals surface area contributed by atoms with Gasteiger partial charge >= 0.3 is 0 Å². The molecule has 0 bridgehead atoms. The van der Waals surface area contributed by atoms with E-state index in [1.807, 2.05) is 31.2 Å². The Morgan fingerprint density at radius 2 is 1.72 bits per heavy atom. The number of carbonyl (C=O) groups is 1. The Morgan fingerprint density at radius 1 is 1.00 bits per heavy atom. The second-order valence-corrected chi connectivity index (χ2v) is 8.81. The van der Waals surface area contributed by atoms with E-state index in [9.17, 15) is 13.2 Å². The number of anilines is 2. The third-order valence-electron chi connectivity index (χ3n) is 5.17. The molecule has 1 N–H and O–H groups in total. The number of nitrogens with zero attached hydrogens (tertiary/aromatic N) is 1. The zero-order valence-corrected chi connectivity index (χ0v) is 16.9. The second kappa shape index (κ2) is 7.72. The Balaban J connectivity index is 1.60. The van der Waals surface area contributed by atoms with Gasteiger partial charge in [0, 0.05) is 17.8 Å². The topological polar surface area (TPSA) is 66.5 Å². The largest absolute Gasteiger partial charge is 0.322 e. The fourth-order valence-corrected chi connectivity index (χ4v) is 5.15. The predicted octanol–water partition coefficient (Wildman–Crippen LogP) is 4.25. The van der Waals surface area contributed by atoms with Crippen LogP contribution in [0.4, 0.5) is 11.4 Å². The lowest BCUT2D eigenvalue weighted by Crippen LogP contribution is -2.29. The maximum atomic E-state index is 13.0. The van der Waals surface area contributed by atoms with Gasteiger partial charge < -0.3 is 5.32 Å². The number of benzene rings is 3. The average molecular weight is 407 g/mol. The van der Waals surface area contributed by atoms with E-state index in [-0.39, 0.29) is 10.8 Å². The van der Waals surface area contributed by atoms with Gasteiger partial charge in [-0.1, -0.05) is 43.3 Å². The zero-order chi connectivity index (χ0) is 20.4. The quantitative estimate of drug-likeness (QED) is 0.689. The highest BCUT2D eigenvalue weighted by Crippen LogP contribution is 2.33. The van der Waals surface area contributed by atoms with Gasteiger partial charge in [0.2, 0.25) is 0 Å². The lowest BCUT2D eigenvalue weighted by atomic mass is 10.1. The van der Waals surface area contributed by atoms with Crippen molar-refractivity contribution in [3.8, 4) is 0 Å². The van der Waals surface area contributed by atoms with Crippen molar-refractivity contribution < 1.29 is 13.2 Å². The first kappa shape index (κ1) is 19.2. The van der Waals surface area contributed by atoms with Gasteiger partial charge in [0.25, 0.3) is 15.9 Å². The van der Waals surface area contributed by atoms with E-state index >= 15 is 0 Å². The number of para-hydroxylation sites is 1. The summed E-state index contributed by atoms with van der Waals surface area (Å²) in [5.74, 6) is -0.196. The number of carbonyl (C=O) groups excluding carboxylic acids is 1. The third-order valence-corrected chi connectivity index (χ3v) is 7.00. The summed E-state index contributed by atoms with van der Waals surface area (Å²) in [4.78, 5) is 13.0. The maximum Gasteiger partial charge on any atom is 0.264 e. The Labute approximate surface area is 171 Å². The normalized spacial score (nSPS) is 13.2. The standard InChI is InChI=1S/C23H22N2O3S/c1-2-17-8-6-7-11-21(17)24-23(26)19-12-13-22-18(16-19)14-15-25(22)29(27,28)20-9-4-3-5-10-20/h3-13,16H,2,14-15H2,1H3,(H,24,26). The summed E-state index contributed by atoms with van der Waals surface area (Å²) < 4.78 is 27.4. The molecule has 0 unspecified atom stereocenters. The monoisotopic (exact) mass is 406 g/mol. The van der Waals surface area contributed by atoms with Crippen LogP contribution in [0.5, 0.6) is 0 Å². The van der Waals surface area contributed by atoms with Crippen molar-refractivity contribution in [1.82, 2.24) is 0 Å². The first-order valence-electron chi connectivity index (χ1n) is 9.60. The lowest BCUT2D eigenvalue weighted by Gasteiger charge is -2.19. The van der Waals surface area contributed by atoms with Crippen LogP contribution in [-0.2, 0) is 22.9 Å². The zero-order valence-electron chi connectivity index (χ0n) is 16.1. The lowest BCUT2D eigenvalue weighted by molar-refractivity contribution is 0.102. The molecule has 0 radical (unpaired) electrons. The third kappa shape index (κ3) is 3.63. The van der Waals surface area contributed by atoms with E-state index < -0.39 is 10.0 Å². The molecule has 0 spiro atoms. The van der Waals surface area contributed by atoms with Crippen LogP contribution in [0.3, 0.4) is 0 Å². The molecule has 0 fully saturated rings. The van der Waals surface area contributed by atoms with Gasteiger partial charge in [0.1, 0.15) is 0 Å². The van der Waals surface area contributed by atoms with Gasteiger partial charge in [-0.2, -0.15) is 0 Å². The molecule has 0 atom stereocenters. The number of rotatable bonds is 5. The number of aryl methyl sites for hydroxylation is 1. The Kier molecular flexibility index (Phi) is 5.11. The van der Waals surface area contributed by atoms with Crippen LogP contribution in [-0.4, -0.2) is 20.9 Å². The highest BCUT2D eigenvalue weighted by molar-refractivity contribution is 7.92. The Bertz CT molecular complexity index is 1160. The molecule has 6 heteroatoms. The van der Waals surface area contributed by atoms with E-state index in [0.717, 1.165) is 23.2 Å². The summed E-state index contributed by atoms with van der Waals surface area (Å²) in [6.45, 7) is 2.42. The summed E-state index contributed by atoms with van der Waals surface area (Å²) in [6.07, 6.45) is 1.40. The molecule has 29 heavy (non-hydrogen) atoms. The number of hydrogen-bond donors (Lipinski definition) is 1. The minimum absolute atomic E-state index is 0.196. The van der Waals surface area contributed by atoms with Crippen LogP contribution in [0.25, 0.3) is 0 Å². The number of fused-ring (bicyclic) bond motifs is 1. The smallest absolute Gasteiger partial charge is 0.264 e. The van der Waals surface area contributed by atoms with Crippen molar-refractivity contribution in [3.63, 3.8) is 0 Å². The number of hydrogen-bond acceptors (Lipinski definition) is 3. The fourth-order valence-electron chi connectivity index (χ4n) is 3.63. The molecule has 148 valence electrons. The van der Waals surface area contributed by atoms with Gasteiger partial charge in [-0.3, -0.25) is 9.10 Å². The van der Waals surface area contributed by atoms with Crippen LogP contribution in [0.2, 0.25) is 0 Å². The molecular formula is C23H22N2O3S. The van der Waals surface area contributed by atoms with Crippen molar-refractivity contribution >= 4 is 27.3 Å². The molecule has 1 aliphatic heterocycles. The molecule has 3 aromatic rings. The molecule has 0 saturated carbocycles. The van der Waals surface area contributed by atoms with Crippen LogP contribution in [0.1, 0.15) is 28.4 Å². The van der Waals surface area contributed by atoms with Crippen molar-refractivity contribution in [2.24, 2.45) is 0 Å². The van der Waals surface area contributed by atoms with Gasteiger partial charge in [-0.25, -0.2) is 8.42 Å². The first-order chi connectivity index (χ1) is 14.0. The number of sulfonamides is 1. The van der Waals surface area contributed by atoms with Crippen molar-refractivity contribution in [1.29, 1.82) is 0 Å². The minimum atomic E-state index is -3.61. The SMILES string of the molecule is CCc1ccccc1NC(=O)c1ccc2c(c1)CCN2S(=O)(=O)c1ccccc1. The molecule has 0 aromatic heterocycles. The van der Waals surface area contributed by atoms with Gasteiger partial charge in [0.05, 0.1) is 10.6 Å². The van der Waals surface area contributed by atoms with Gasteiger partial charge in [0.15, 0.2) is 0 Å². The van der Waals surface area contributed by atoms with Crippen LogP contribution in [0, 0.1) is 0 Å². The van der Waals surface area contributed by atoms with Crippen molar-refractivity contribution in [2.75, 3.05) is 16.2 Å². The van der Waals surface area contributed by atoms with Gasteiger partial charge in [-0.15, -0.1) is 0 Å². The van der Waals surface area contributed by atoms with Crippen molar-refractivity contribution in [3.05, 3.63) is 89.5 Å². The Hall–Kier alpha value is -3.12. The summed E-state index contributed by atoms with van der Waals surface area (Å²) in [7, 11) is -3.61. The molecule has 1 heterocycles. The number of nitrogens with one attached hydrogen (secondary N) is 1. The van der Waals surface area contributed by atoms with E-state index in [1.165, 1.54) is 4.31 Å². The molecule has 0 aliphatic carbocycles. The summed E-state index contributed by atoms with van der Waals surface area (Å²) >= 11 is 0. The molecule has 1 aliphatic rings. The highest BCUT2D eigenvalue weighted by atomic mass is 32.2. The molecule has 0 saturated heterocycles. The maximum absolute atomic E-state index is 13.0. The van der Waals surface area contributed by atoms with Crippen molar-refractivity contribution in [2.45, 2.75) is 24.7 Å². The van der Waals surface area contributed by atoms with Crippen LogP contribution in [0.15, 0.2) is 77.7 Å². The van der Waals surface area contributed by atoms with E-state index in [2.05, 4.69) is 5.32 Å². The summed E-state index contributed by atoms with van der Waals surface area (Å²) in [5, 5.41) is 2.97. The Morgan fingerprint density at radius 3 is 2.48 bits per heavy atom. The minimum Gasteiger partial charge on any atom is -0.322 e. The molecule has 4 rings (SSSR count). The number of amides is 1. The fraction of sp³-hybridized carbons (Fsp3) is 0.174. The van der Waals surface area contributed by atoms with Gasteiger partial charge in [-0.05, 0) is 60.4 Å². The van der Waals surface area contributed by atoms with Crippen LogP contribution >= 0.6 is 0 Å².